The summed E-state index contributed by atoms with van der Waals surface area (Å²) in [7, 11) is 0. The van der Waals surface area contributed by atoms with Crippen molar-refractivity contribution in [3.05, 3.63) is 0 Å². The summed E-state index contributed by atoms with van der Waals surface area (Å²) in [5, 5.41) is 11.4. The summed E-state index contributed by atoms with van der Waals surface area (Å²) in [5.41, 5.74) is 5.41. The van der Waals surface area contributed by atoms with Gasteiger partial charge in [-0.1, -0.05) is 19.3 Å². The van der Waals surface area contributed by atoms with Gasteiger partial charge in [0.15, 0.2) is 0 Å². The molecule has 1 fully saturated rings. The van der Waals surface area contributed by atoms with Crippen LogP contribution in [0, 0.1) is 5.41 Å². The van der Waals surface area contributed by atoms with Crippen molar-refractivity contribution >= 4 is 5.91 Å². The van der Waals surface area contributed by atoms with E-state index >= 15 is 0 Å². The first-order valence-corrected chi connectivity index (χ1v) is 6.42. The third kappa shape index (κ3) is 4.26. The minimum absolute atomic E-state index is 0.0146. The second-order valence-electron chi connectivity index (χ2n) is 4.64. The Kier molecular flexibility index (Phi) is 6.47. The highest BCUT2D eigenvalue weighted by Gasteiger charge is 2.37. The summed E-state index contributed by atoms with van der Waals surface area (Å²) in [6, 6.07) is 0. The molecule has 5 heteroatoms. The molecule has 0 aromatic rings. The molecule has 0 aliphatic heterocycles. The predicted molar refractivity (Wildman–Crippen MR) is 65.5 cm³/mol. The molecule has 1 aliphatic rings. The van der Waals surface area contributed by atoms with E-state index in [0.717, 1.165) is 25.7 Å². The van der Waals surface area contributed by atoms with Crippen LogP contribution in [-0.2, 0) is 9.53 Å². The first kappa shape index (κ1) is 14.4. The van der Waals surface area contributed by atoms with Gasteiger partial charge in [0, 0.05) is 13.1 Å². The van der Waals surface area contributed by atoms with Crippen LogP contribution in [0.1, 0.15) is 32.1 Å². The monoisotopic (exact) mass is 244 g/mol. The maximum absolute atomic E-state index is 12.1. The third-order valence-corrected chi connectivity index (χ3v) is 3.45. The Morgan fingerprint density at radius 2 is 2.00 bits per heavy atom. The Bertz CT molecular complexity index is 228. The van der Waals surface area contributed by atoms with Crippen molar-refractivity contribution in [1.29, 1.82) is 0 Å². The van der Waals surface area contributed by atoms with Crippen LogP contribution in [0.15, 0.2) is 0 Å². The van der Waals surface area contributed by atoms with Gasteiger partial charge >= 0.3 is 0 Å². The minimum atomic E-state index is -0.352. The van der Waals surface area contributed by atoms with Gasteiger partial charge in [-0.15, -0.1) is 0 Å². The summed E-state index contributed by atoms with van der Waals surface area (Å²) in [6.45, 7) is 1.68. The highest BCUT2D eigenvalue weighted by molar-refractivity contribution is 5.83. The summed E-state index contributed by atoms with van der Waals surface area (Å²) >= 11 is 0. The molecular formula is C12H24N2O3. The zero-order valence-electron chi connectivity index (χ0n) is 10.4. The van der Waals surface area contributed by atoms with E-state index in [-0.39, 0.29) is 17.9 Å². The second-order valence-corrected chi connectivity index (χ2v) is 4.64. The fraction of sp³-hybridized carbons (Fsp3) is 0.917. The highest BCUT2D eigenvalue weighted by atomic mass is 16.5. The topological polar surface area (TPSA) is 84.6 Å². The lowest BCUT2D eigenvalue weighted by atomic mass is 9.73. The first-order valence-electron chi connectivity index (χ1n) is 6.42. The molecule has 0 spiro atoms. The summed E-state index contributed by atoms with van der Waals surface area (Å²) in [6.07, 6.45) is 5.17. The van der Waals surface area contributed by atoms with Gasteiger partial charge < -0.3 is 20.9 Å². The average Bonchev–Trinajstić information content (AvgIpc) is 2.39. The van der Waals surface area contributed by atoms with Crippen molar-refractivity contribution in [2.75, 3.05) is 32.9 Å². The Labute approximate surface area is 103 Å². The lowest BCUT2D eigenvalue weighted by Gasteiger charge is -2.34. The molecule has 0 aromatic carbocycles. The largest absolute Gasteiger partial charge is 0.394 e. The maximum Gasteiger partial charge on any atom is 0.227 e. The van der Waals surface area contributed by atoms with E-state index in [1.165, 1.54) is 6.42 Å². The third-order valence-electron chi connectivity index (χ3n) is 3.45. The molecule has 1 aliphatic carbocycles. The zero-order chi connectivity index (χ0) is 12.6. The van der Waals surface area contributed by atoms with E-state index in [1.807, 2.05) is 0 Å². The van der Waals surface area contributed by atoms with Gasteiger partial charge in [0.2, 0.25) is 5.91 Å². The van der Waals surface area contributed by atoms with Crippen molar-refractivity contribution in [3.63, 3.8) is 0 Å². The lowest BCUT2D eigenvalue weighted by Crippen LogP contribution is -2.47. The molecule has 0 unspecified atom stereocenters. The van der Waals surface area contributed by atoms with Gasteiger partial charge in [-0.3, -0.25) is 4.79 Å². The highest BCUT2D eigenvalue weighted by Crippen LogP contribution is 2.35. The van der Waals surface area contributed by atoms with Crippen molar-refractivity contribution in [2.45, 2.75) is 32.1 Å². The van der Waals surface area contributed by atoms with Gasteiger partial charge in [-0.25, -0.2) is 0 Å². The van der Waals surface area contributed by atoms with E-state index < -0.39 is 0 Å². The van der Waals surface area contributed by atoms with E-state index in [9.17, 15) is 4.79 Å². The SMILES string of the molecule is NCC1(C(=O)NCCOCCO)CCCCC1. The molecule has 0 atom stereocenters. The van der Waals surface area contributed by atoms with Crippen LogP contribution in [0.5, 0.6) is 0 Å². The minimum Gasteiger partial charge on any atom is -0.394 e. The van der Waals surface area contributed by atoms with E-state index in [4.69, 9.17) is 15.6 Å². The summed E-state index contributed by atoms with van der Waals surface area (Å²) < 4.78 is 5.09. The smallest absolute Gasteiger partial charge is 0.227 e. The number of nitrogens with two attached hydrogens (primary N) is 1. The fourth-order valence-corrected chi connectivity index (χ4v) is 2.34. The fourth-order valence-electron chi connectivity index (χ4n) is 2.34. The molecular weight excluding hydrogens is 220 g/mol. The number of carbonyl (C=O) groups excluding carboxylic acids is 1. The van der Waals surface area contributed by atoms with Crippen LogP contribution in [0.4, 0.5) is 0 Å². The van der Waals surface area contributed by atoms with Crippen molar-refractivity contribution in [3.8, 4) is 0 Å². The van der Waals surface area contributed by atoms with E-state index in [1.54, 1.807) is 0 Å². The van der Waals surface area contributed by atoms with Crippen LogP contribution in [0.25, 0.3) is 0 Å². The van der Waals surface area contributed by atoms with Gasteiger partial charge in [0.05, 0.1) is 25.2 Å². The number of ether oxygens (including phenoxy) is 1. The van der Waals surface area contributed by atoms with Crippen LogP contribution in [0.2, 0.25) is 0 Å². The molecule has 5 nitrogen and oxygen atoms in total. The Balaban J connectivity index is 2.28. The lowest BCUT2D eigenvalue weighted by molar-refractivity contribution is -0.132. The van der Waals surface area contributed by atoms with Crippen molar-refractivity contribution in [2.24, 2.45) is 11.1 Å². The average molecular weight is 244 g/mol. The van der Waals surface area contributed by atoms with Crippen LogP contribution < -0.4 is 11.1 Å². The van der Waals surface area contributed by atoms with E-state index in [0.29, 0.717) is 26.3 Å². The molecule has 1 rings (SSSR count). The molecule has 0 bridgehead atoms. The number of amides is 1. The van der Waals surface area contributed by atoms with Gasteiger partial charge in [0.1, 0.15) is 0 Å². The van der Waals surface area contributed by atoms with Gasteiger partial charge in [0.25, 0.3) is 0 Å². The maximum atomic E-state index is 12.1. The van der Waals surface area contributed by atoms with Crippen LogP contribution >= 0.6 is 0 Å². The quantitative estimate of drug-likeness (QED) is 0.551. The molecule has 0 aromatic heterocycles. The number of hydrogen-bond acceptors (Lipinski definition) is 4. The number of aliphatic hydroxyl groups excluding tert-OH is 1. The Morgan fingerprint density at radius 3 is 2.59 bits per heavy atom. The van der Waals surface area contributed by atoms with Crippen molar-refractivity contribution in [1.82, 2.24) is 5.32 Å². The number of nitrogens with one attached hydrogen (secondary N) is 1. The molecule has 4 N–H and O–H groups in total. The Hall–Kier alpha value is -0.650. The zero-order valence-corrected chi connectivity index (χ0v) is 10.4. The normalized spacial score (nSPS) is 18.9. The standard InChI is InChI=1S/C12H24N2O3/c13-10-12(4-2-1-3-5-12)11(16)14-6-8-17-9-7-15/h15H,1-10,13H2,(H,14,16). The predicted octanol–water partition coefficient (Wildman–Crippen LogP) is 0.0207. The molecule has 0 radical (unpaired) electrons. The number of carbonyl (C=O) groups is 1. The molecule has 1 amide bonds. The first-order chi connectivity index (χ1) is 8.25. The van der Waals surface area contributed by atoms with Crippen LogP contribution in [-0.4, -0.2) is 43.9 Å². The van der Waals surface area contributed by atoms with Crippen LogP contribution in [0.3, 0.4) is 0 Å². The molecule has 100 valence electrons. The van der Waals surface area contributed by atoms with Crippen molar-refractivity contribution < 1.29 is 14.6 Å². The number of hydrogen-bond donors (Lipinski definition) is 3. The van der Waals surface area contributed by atoms with Gasteiger partial charge in [-0.05, 0) is 12.8 Å². The molecule has 0 heterocycles. The Morgan fingerprint density at radius 1 is 1.29 bits per heavy atom. The molecule has 1 saturated carbocycles. The molecule has 0 saturated heterocycles. The van der Waals surface area contributed by atoms with Gasteiger partial charge in [-0.2, -0.15) is 0 Å². The summed E-state index contributed by atoms with van der Waals surface area (Å²) in [5.74, 6) is 0.0623. The number of aliphatic hydroxyl groups is 1. The summed E-state index contributed by atoms with van der Waals surface area (Å²) in [4.78, 5) is 12.1. The second kappa shape index (κ2) is 7.63. The van der Waals surface area contributed by atoms with E-state index in [2.05, 4.69) is 5.32 Å². The number of rotatable bonds is 7. The molecule has 17 heavy (non-hydrogen) atoms.